The van der Waals surface area contributed by atoms with Gasteiger partial charge < -0.3 is 26.6 Å². The van der Waals surface area contributed by atoms with Crippen LogP contribution in [0.1, 0.15) is 18.1 Å². The molecule has 2 aromatic rings. The van der Waals surface area contributed by atoms with Gasteiger partial charge in [0.1, 0.15) is 11.5 Å². The van der Waals surface area contributed by atoms with Gasteiger partial charge >= 0.3 is 0 Å². The van der Waals surface area contributed by atoms with E-state index in [2.05, 4.69) is 23.8 Å². The first-order valence-corrected chi connectivity index (χ1v) is 8.55. The van der Waals surface area contributed by atoms with Crippen LogP contribution in [-0.4, -0.2) is 22.0 Å². The van der Waals surface area contributed by atoms with Crippen molar-refractivity contribution in [1.29, 1.82) is 0 Å². The van der Waals surface area contributed by atoms with Crippen molar-refractivity contribution in [3.63, 3.8) is 0 Å². The Morgan fingerprint density at radius 1 is 0.929 bits per heavy atom. The standard InChI is InChI=1S/C11H13NO2.C10H12N2O2/c1-3-8-5-6-10(13)9(7-8)12-11(14)4-2;1-2-10(14)12-8-5-7(6-11)3-4-9(8)13/h4-7,13H,2-3H2,1H3,(H,12,14);2-5,13H,1,6,11H2,(H,12,14). The molecule has 0 radical (unpaired) electrons. The molecule has 0 aromatic heterocycles. The van der Waals surface area contributed by atoms with Crippen LogP contribution in [0.3, 0.4) is 0 Å². The van der Waals surface area contributed by atoms with Crippen LogP contribution >= 0.6 is 0 Å². The number of aryl methyl sites for hydroxylation is 1. The van der Waals surface area contributed by atoms with Gasteiger partial charge in [-0.1, -0.05) is 32.2 Å². The lowest BCUT2D eigenvalue weighted by Gasteiger charge is -2.06. The third-order valence-electron chi connectivity index (χ3n) is 3.65. The summed E-state index contributed by atoms with van der Waals surface area (Å²) in [5.41, 5.74) is 8.08. The van der Waals surface area contributed by atoms with E-state index in [1.165, 1.54) is 6.07 Å². The van der Waals surface area contributed by atoms with Crippen LogP contribution in [0.25, 0.3) is 0 Å². The highest BCUT2D eigenvalue weighted by Gasteiger charge is 2.04. The van der Waals surface area contributed by atoms with E-state index >= 15 is 0 Å². The molecule has 0 aliphatic carbocycles. The monoisotopic (exact) mass is 383 g/mol. The van der Waals surface area contributed by atoms with Crippen molar-refractivity contribution in [3.05, 3.63) is 72.8 Å². The van der Waals surface area contributed by atoms with E-state index in [9.17, 15) is 19.8 Å². The van der Waals surface area contributed by atoms with Gasteiger partial charge in [0.05, 0.1) is 11.4 Å². The van der Waals surface area contributed by atoms with Crippen molar-refractivity contribution in [2.75, 3.05) is 10.6 Å². The van der Waals surface area contributed by atoms with Gasteiger partial charge in [0, 0.05) is 6.54 Å². The fraction of sp³-hybridized carbons (Fsp3) is 0.143. The lowest BCUT2D eigenvalue weighted by atomic mass is 10.1. The number of carbonyl (C=O) groups excluding carboxylic acids is 2. The molecule has 28 heavy (non-hydrogen) atoms. The smallest absolute Gasteiger partial charge is 0.247 e. The molecule has 2 rings (SSSR count). The minimum Gasteiger partial charge on any atom is -0.506 e. The molecule has 0 aliphatic rings. The molecule has 0 fully saturated rings. The molecule has 0 bridgehead atoms. The minimum atomic E-state index is -0.366. The van der Waals surface area contributed by atoms with E-state index in [0.717, 1.165) is 29.7 Å². The van der Waals surface area contributed by atoms with Gasteiger partial charge in [-0.2, -0.15) is 0 Å². The first-order chi connectivity index (χ1) is 13.3. The number of nitrogens with one attached hydrogen (secondary N) is 2. The summed E-state index contributed by atoms with van der Waals surface area (Å²) in [6.45, 7) is 9.01. The number of nitrogens with two attached hydrogens (primary N) is 1. The molecular formula is C21H25N3O4. The van der Waals surface area contributed by atoms with Crippen molar-refractivity contribution in [2.24, 2.45) is 5.73 Å². The summed E-state index contributed by atoms with van der Waals surface area (Å²) in [4.78, 5) is 22.0. The van der Waals surface area contributed by atoms with Crippen LogP contribution in [0.15, 0.2) is 61.7 Å². The molecule has 0 unspecified atom stereocenters. The Morgan fingerprint density at radius 3 is 1.75 bits per heavy atom. The van der Waals surface area contributed by atoms with Crippen LogP contribution < -0.4 is 16.4 Å². The van der Waals surface area contributed by atoms with Gasteiger partial charge in [-0.05, 0) is 54.0 Å². The molecule has 0 atom stereocenters. The number of phenolic OH excluding ortho intramolecular Hbond substituents is 2. The van der Waals surface area contributed by atoms with Crippen LogP contribution in [-0.2, 0) is 22.6 Å². The lowest BCUT2D eigenvalue weighted by molar-refractivity contribution is -0.112. The fourth-order valence-electron chi connectivity index (χ4n) is 2.08. The fourth-order valence-corrected chi connectivity index (χ4v) is 2.08. The Morgan fingerprint density at radius 2 is 1.36 bits per heavy atom. The summed E-state index contributed by atoms with van der Waals surface area (Å²) >= 11 is 0. The highest BCUT2D eigenvalue weighted by Crippen LogP contribution is 2.25. The van der Waals surface area contributed by atoms with Crippen LogP contribution in [0.5, 0.6) is 11.5 Å². The maximum atomic E-state index is 11.0. The molecule has 0 saturated carbocycles. The van der Waals surface area contributed by atoms with Crippen LogP contribution in [0.4, 0.5) is 11.4 Å². The molecule has 0 heterocycles. The third-order valence-corrected chi connectivity index (χ3v) is 3.65. The average molecular weight is 383 g/mol. The van der Waals surface area contributed by atoms with Gasteiger partial charge in [0.25, 0.3) is 0 Å². The Balaban J connectivity index is 0.000000280. The summed E-state index contributed by atoms with van der Waals surface area (Å²) in [7, 11) is 0. The average Bonchev–Trinajstić information content (AvgIpc) is 2.71. The topological polar surface area (TPSA) is 125 Å². The SMILES string of the molecule is C=CC(=O)Nc1cc(CC)ccc1O.C=CC(=O)Nc1cc(CN)ccc1O. The van der Waals surface area contributed by atoms with Crippen molar-refractivity contribution in [3.8, 4) is 11.5 Å². The minimum absolute atomic E-state index is 0.0115. The Hall–Kier alpha value is -3.58. The van der Waals surface area contributed by atoms with Crippen molar-refractivity contribution in [2.45, 2.75) is 19.9 Å². The van der Waals surface area contributed by atoms with E-state index in [0.29, 0.717) is 17.9 Å². The van der Waals surface area contributed by atoms with Gasteiger partial charge in [-0.15, -0.1) is 0 Å². The number of phenols is 2. The summed E-state index contributed by atoms with van der Waals surface area (Å²) in [5, 5.41) is 23.8. The number of amides is 2. The predicted octanol–water partition coefficient (Wildman–Crippen LogP) is 3.05. The highest BCUT2D eigenvalue weighted by atomic mass is 16.3. The third kappa shape index (κ3) is 6.97. The largest absolute Gasteiger partial charge is 0.506 e. The summed E-state index contributed by atoms with van der Waals surface area (Å²) in [6.07, 6.45) is 3.16. The number of benzene rings is 2. The first-order valence-electron chi connectivity index (χ1n) is 8.55. The number of anilines is 2. The van der Waals surface area contributed by atoms with Gasteiger partial charge in [-0.25, -0.2) is 0 Å². The number of rotatable bonds is 6. The summed E-state index contributed by atoms with van der Waals surface area (Å²) < 4.78 is 0. The van der Waals surface area contributed by atoms with Gasteiger partial charge in [-0.3, -0.25) is 9.59 Å². The Labute approximate surface area is 164 Å². The first kappa shape index (κ1) is 22.5. The second-order valence-electron chi connectivity index (χ2n) is 5.65. The quantitative estimate of drug-likeness (QED) is 0.387. The van der Waals surface area contributed by atoms with Crippen LogP contribution in [0.2, 0.25) is 0 Å². The number of carbonyl (C=O) groups is 2. The molecule has 0 aliphatic heterocycles. The van der Waals surface area contributed by atoms with E-state index in [1.54, 1.807) is 24.3 Å². The molecular weight excluding hydrogens is 358 g/mol. The zero-order chi connectivity index (χ0) is 21.1. The van der Waals surface area contributed by atoms with Crippen molar-refractivity contribution in [1.82, 2.24) is 0 Å². The molecule has 2 aromatic carbocycles. The number of aromatic hydroxyl groups is 2. The van der Waals surface area contributed by atoms with Gasteiger partial charge in [0.15, 0.2) is 0 Å². The van der Waals surface area contributed by atoms with E-state index in [1.807, 2.05) is 13.0 Å². The molecule has 148 valence electrons. The molecule has 2 amide bonds. The van der Waals surface area contributed by atoms with E-state index in [4.69, 9.17) is 5.73 Å². The second-order valence-corrected chi connectivity index (χ2v) is 5.65. The molecule has 0 spiro atoms. The van der Waals surface area contributed by atoms with E-state index in [-0.39, 0.29) is 23.3 Å². The molecule has 7 nitrogen and oxygen atoms in total. The predicted molar refractivity (Wildman–Crippen MR) is 111 cm³/mol. The van der Waals surface area contributed by atoms with Crippen molar-refractivity contribution >= 4 is 23.2 Å². The summed E-state index contributed by atoms with van der Waals surface area (Å²) in [6, 6.07) is 9.93. The number of hydrogen-bond donors (Lipinski definition) is 5. The molecule has 0 saturated heterocycles. The molecule has 7 heteroatoms. The lowest BCUT2D eigenvalue weighted by Crippen LogP contribution is -2.08. The maximum absolute atomic E-state index is 11.0. The van der Waals surface area contributed by atoms with Crippen LogP contribution in [0, 0.1) is 0 Å². The highest BCUT2D eigenvalue weighted by molar-refractivity contribution is 6.00. The van der Waals surface area contributed by atoms with Gasteiger partial charge in [0.2, 0.25) is 11.8 Å². The Bertz CT molecular complexity index is 791. The summed E-state index contributed by atoms with van der Waals surface area (Å²) in [5.74, 6) is -0.613. The number of hydrogen-bond acceptors (Lipinski definition) is 5. The normalized spacial score (nSPS) is 9.50. The van der Waals surface area contributed by atoms with Crippen molar-refractivity contribution < 1.29 is 19.8 Å². The molecule has 6 N–H and O–H groups in total. The Kier molecular flexibility index (Phi) is 8.98. The van der Waals surface area contributed by atoms with E-state index < -0.39 is 0 Å². The zero-order valence-electron chi connectivity index (χ0n) is 15.7. The second kappa shape index (κ2) is 11.2. The maximum Gasteiger partial charge on any atom is 0.247 e. The zero-order valence-corrected chi connectivity index (χ0v) is 15.7.